The van der Waals surface area contributed by atoms with E-state index in [0.29, 0.717) is 41.5 Å². The van der Waals surface area contributed by atoms with E-state index in [0.717, 1.165) is 69.4 Å². The van der Waals surface area contributed by atoms with Gasteiger partial charge in [0.15, 0.2) is 5.82 Å². The van der Waals surface area contributed by atoms with Crippen LogP contribution in [-0.2, 0) is 4.74 Å². The fourth-order valence-corrected chi connectivity index (χ4v) is 7.00. The Kier molecular flexibility index (Phi) is 7.52. The molecule has 2 bridgehead atoms. The van der Waals surface area contributed by atoms with Crippen LogP contribution in [0.4, 0.5) is 10.2 Å². The minimum absolute atomic E-state index is 0.0394. The maximum absolute atomic E-state index is 16.7. The van der Waals surface area contributed by atoms with Crippen molar-refractivity contribution in [3.8, 4) is 22.9 Å². The standard InChI is InChI=1S/C32H35ClFN5O3/c1-19-18-41-12-10-38(19)9-4-11-42-32-36-30-26(31(37-32)39-16-21-7-8-22(17-39)35-21)15-27(33)28(29(30)34)25-14-23(40)13-20-5-2-3-6-24(20)25/h2-3,5-6,13-15,19,21-22,35,40H,4,7-12,16-18H2,1H3/t19-,21-,22+/m0/s1. The third-order valence-electron chi connectivity index (χ3n) is 8.80. The number of phenols is 1. The number of halogens is 2. The first-order chi connectivity index (χ1) is 20.4. The van der Waals surface area contributed by atoms with Gasteiger partial charge in [0.05, 0.1) is 24.8 Å². The van der Waals surface area contributed by atoms with Gasteiger partial charge < -0.3 is 24.8 Å². The molecule has 3 atom stereocenters. The molecule has 8 nitrogen and oxygen atoms in total. The van der Waals surface area contributed by atoms with E-state index >= 15 is 4.39 Å². The summed E-state index contributed by atoms with van der Waals surface area (Å²) in [5.41, 5.74) is 0.875. The van der Waals surface area contributed by atoms with Crippen LogP contribution in [0.3, 0.4) is 0 Å². The molecule has 0 saturated carbocycles. The lowest BCUT2D eigenvalue weighted by molar-refractivity contribution is -0.00211. The molecule has 3 saturated heterocycles. The minimum Gasteiger partial charge on any atom is -0.508 e. The van der Waals surface area contributed by atoms with Crippen LogP contribution in [0.1, 0.15) is 26.2 Å². The summed E-state index contributed by atoms with van der Waals surface area (Å²) in [5, 5.41) is 16.5. The number of piperazine rings is 1. The quantitative estimate of drug-likeness (QED) is 0.277. The zero-order valence-electron chi connectivity index (χ0n) is 23.7. The van der Waals surface area contributed by atoms with Crippen molar-refractivity contribution in [1.82, 2.24) is 20.2 Å². The average Bonchev–Trinajstić information content (AvgIpc) is 3.33. The maximum Gasteiger partial charge on any atom is 0.319 e. The van der Waals surface area contributed by atoms with Gasteiger partial charge in [-0.05, 0) is 60.7 Å². The second-order valence-electron chi connectivity index (χ2n) is 11.7. The largest absolute Gasteiger partial charge is 0.508 e. The molecule has 3 aromatic carbocycles. The Morgan fingerprint density at radius 3 is 2.74 bits per heavy atom. The number of aromatic nitrogens is 2. The Morgan fingerprint density at radius 2 is 1.93 bits per heavy atom. The average molecular weight is 592 g/mol. The summed E-state index contributed by atoms with van der Waals surface area (Å²) in [6, 6.07) is 13.8. The van der Waals surface area contributed by atoms with E-state index in [1.807, 2.05) is 24.3 Å². The number of nitrogens with one attached hydrogen (secondary N) is 1. The van der Waals surface area contributed by atoms with E-state index in [9.17, 15) is 5.11 Å². The minimum atomic E-state index is -0.554. The highest BCUT2D eigenvalue weighted by Crippen LogP contribution is 2.42. The van der Waals surface area contributed by atoms with Crippen molar-refractivity contribution in [1.29, 1.82) is 0 Å². The normalized spacial score (nSPS) is 22.7. The number of morpholine rings is 1. The van der Waals surface area contributed by atoms with Crippen LogP contribution in [0, 0.1) is 5.82 Å². The van der Waals surface area contributed by atoms with Gasteiger partial charge in [0, 0.05) is 55.3 Å². The van der Waals surface area contributed by atoms with Crippen molar-refractivity contribution in [3.63, 3.8) is 0 Å². The third-order valence-corrected chi connectivity index (χ3v) is 9.10. The van der Waals surface area contributed by atoms with Crippen LogP contribution in [0.25, 0.3) is 32.8 Å². The Labute approximate surface area is 249 Å². The predicted octanol–water partition coefficient (Wildman–Crippen LogP) is 5.38. The number of nitrogens with zero attached hydrogens (tertiary/aromatic N) is 4. The lowest BCUT2D eigenvalue weighted by Crippen LogP contribution is -2.51. The molecule has 42 heavy (non-hydrogen) atoms. The van der Waals surface area contributed by atoms with Crippen LogP contribution in [0.2, 0.25) is 5.02 Å². The van der Waals surface area contributed by atoms with Crippen LogP contribution < -0.4 is 15.0 Å². The molecule has 0 spiro atoms. The molecule has 0 unspecified atom stereocenters. The second kappa shape index (κ2) is 11.4. The molecule has 3 aliphatic heterocycles. The lowest BCUT2D eigenvalue weighted by Gasteiger charge is -2.34. The molecule has 0 radical (unpaired) electrons. The van der Waals surface area contributed by atoms with Gasteiger partial charge in [0.1, 0.15) is 17.1 Å². The van der Waals surface area contributed by atoms with Crippen molar-refractivity contribution in [3.05, 3.63) is 53.3 Å². The highest BCUT2D eigenvalue weighted by molar-refractivity contribution is 6.35. The number of phenolic OH excluding ortho intramolecular Hbond substituents is 1. The van der Waals surface area contributed by atoms with Gasteiger partial charge in [-0.3, -0.25) is 4.90 Å². The Hall–Kier alpha value is -3.24. The van der Waals surface area contributed by atoms with Gasteiger partial charge in [-0.25, -0.2) is 4.39 Å². The Morgan fingerprint density at radius 1 is 1.12 bits per heavy atom. The fourth-order valence-electron chi connectivity index (χ4n) is 6.71. The summed E-state index contributed by atoms with van der Waals surface area (Å²) >= 11 is 6.85. The van der Waals surface area contributed by atoms with Crippen LogP contribution in [-0.4, -0.2) is 84.1 Å². The molecule has 1 aromatic heterocycles. The van der Waals surface area contributed by atoms with E-state index in [-0.39, 0.29) is 27.9 Å². The molecule has 3 fully saturated rings. The number of fused-ring (bicyclic) bond motifs is 4. The molecule has 4 heterocycles. The first-order valence-corrected chi connectivity index (χ1v) is 15.2. The van der Waals surface area contributed by atoms with Crippen molar-refractivity contribution in [2.75, 3.05) is 50.9 Å². The summed E-state index contributed by atoms with van der Waals surface area (Å²) in [5.74, 6) is 0.128. The zero-order valence-corrected chi connectivity index (χ0v) is 24.4. The molecule has 4 aromatic rings. The fraction of sp³-hybridized carbons (Fsp3) is 0.438. The molecule has 10 heteroatoms. The Bertz CT molecular complexity index is 1630. The molecule has 2 N–H and O–H groups in total. The topological polar surface area (TPSA) is 83.0 Å². The maximum atomic E-state index is 16.7. The van der Waals surface area contributed by atoms with Crippen molar-refractivity contribution in [2.24, 2.45) is 0 Å². The van der Waals surface area contributed by atoms with E-state index in [1.54, 1.807) is 18.2 Å². The SMILES string of the molecule is C[C@H]1COCCN1CCCOc1nc(N2C[C@H]3CC[C@@H](C2)N3)c2cc(Cl)c(-c3cc(O)cc4ccccc34)c(F)c2n1. The summed E-state index contributed by atoms with van der Waals surface area (Å²) in [4.78, 5) is 14.0. The number of hydrogen-bond acceptors (Lipinski definition) is 8. The predicted molar refractivity (Wildman–Crippen MR) is 163 cm³/mol. The van der Waals surface area contributed by atoms with Crippen LogP contribution in [0.15, 0.2) is 42.5 Å². The number of ether oxygens (including phenoxy) is 2. The smallest absolute Gasteiger partial charge is 0.319 e. The molecule has 0 aliphatic carbocycles. The van der Waals surface area contributed by atoms with E-state index in [4.69, 9.17) is 26.1 Å². The van der Waals surface area contributed by atoms with Crippen molar-refractivity contribution < 1.29 is 19.0 Å². The van der Waals surface area contributed by atoms with Crippen LogP contribution >= 0.6 is 11.6 Å². The highest BCUT2D eigenvalue weighted by Gasteiger charge is 2.34. The van der Waals surface area contributed by atoms with Crippen molar-refractivity contribution in [2.45, 2.75) is 44.3 Å². The van der Waals surface area contributed by atoms with Gasteiger partial charge in [0.25, 0.3) is 0 Å². The van der Waals surface area contributed by atoms with E-state index < -0.39 is 5.82 Å². The number of rotatable bonds is 7. The first kappa shape index (κ1) is 27.6. The van der Waals surface area contributed by atoms with Crippen molar-refractivity contribution >= 4 is 39.1 Å². The molecular formula is C32H35ClFN5O3. The molecular weight excluding hydrogens is 557 g/mol. The van der Waals surface area contributed by atoms with Gasteiger partial charge >= 0.3 is 6.01 Å². The number of hydrogen-bond donors (Lipinski definition) is 2. The summed E-state index contributed by atoms with van der Waals surface area (Å²) in [6.07, 6.45) is 3.01. The molecule has 220 valence electrons. The summed E-state index contributed by atoms with van der Waals surface area (Å²) in [7, 11) is 0. The number of benzene rings is 3. The third kappa shape index (κ3) is 5.24. The molecule has 0 amide bonds. The van der Waals surface area contributed by atoms with E-state index in [1.165, 1.54) is 0 Å². The monoisotopic (exact) mass is 591 g/mol. The van der Waals surface area contributed by atoms with E-state index in [2.05, 4.69) is 27.0 Å². The second-order valence-corrected chi connectivity index (χ2v) is 12.1. The molecule has 3 aliphatic rings. The summed E-state index contributed by atoms with van der Waals surface area (Å²) in [6.45, 7) is 7.40. The first-order valence-electron chi connectivity index (χ1n) is 14.8. The Balaban J connectivity index is 1.28. The molecule has 7 rings (SSSR count). The highest BCUT2D eigenvalue weighted by atomic mass is 35.5. The van der Waals surface area contributed by atoms with Crippen LogP contribution in [0.5, 0.6) is 11.8 Å². The number of anilines is 1. The van der Waals surface area contributed by atoms with Gasteiger partial charge in [-0.2, -0.15) is 9.97 Å². The van der Waals surface area contributed by atoms with Gasteiger partial charge in [-0.1, -0.05) is 35.9 Å². The number of aromatic hydroxyl groups is 1. The lowest BCUT2D eigenvalue weighted by atomic mass is 9.96. The van der Waals surface area contributed by atoms with Gasteiger partial charge in [-0.15, -0.1) is 0 Å². The summed E-state index contributed by atoms with van der Waals surface area (Å²) < 4.78 is 28.3. The van der Waals surface area contributed by atoms with Gasteiger partial charge in [0.2, 0.25) is 0 Å². The zero-order chi connectivity index (χ0) is 28.8.